The van der Waals surface area contributed by atoms with Gasteiger partial charge in [0.05, 0.1) is 11.0 Å². The van der Waals surface area contributed by atoms with Crippen LogP contribution in [0.25, 0.3) is 94.7 Å². The lowest BCUT2D eigenvalue weighted by molar-refractivity contribution is 0.669. The van der Waals surface area contributed by atoms with Crippen molar-refractivity contribution in [2.24, 2.45) is 0 Å². The summed E-state index contributed by atoms with van der Waals surface area (Å²) in [5, 5.41) is 4.43. The quantitative estimate of drug-likeness (QED) is 0.188. The van der Waals surface area contributed by atoms with Crippen molar-refractivity contribution in [1.29, 1.82) is 0 Å². The molecule has 0 fully saturated rings. The molecule has 7 aromatic carbocycles. The number of nitrogens with zero attached hydrogens (tertiary/aromatic N) is 4. The first-order valence-corrected chi connectivity index (χ1v) is 16.7. The fourth-order valence-corrected chi connectivity index (χ4v) is 7.13. The number of hydrogen-bond acceptors (Lipinski definition) is 4. The van der Waals surface area contributed by atoms with Gasteiger partial charge in [-0.25, -0.2) is 4.98 Å². The van der Waals surface area contributed by atoms with Crippen molar-refractivity contribution < 1.29 is 4.42 Å². The predicted molar refractivity (Wildman–Crippen MR) is 203 cm³/mol. The zero-order valence-corrected chi connectivity index (χ0v) is 26.9. The molecule has 234 valence electrons. The molecule has 0 radical (unpaired) electrons. The third-order valence-electron chi connectivity index (χ3n) is 9.46. The lowest BCUT2D eigenvalue weighted by Crippen LogP contribution is -2.06. The molecule has 0 atom stereocenters. The molecule has 0 saturated heterocycles. The first-order chi connectivity index (χ1) is 24.8. The molecular formula is C45H28N4O. The van der Waals surface area contributed by atoms with Gasteiger partial charge in [0.25, 0.3) is 0 Å². The summed E-state index contributed by atoms with van der Waals surface area (Å²) < 4.78 is 8.48. The van der Waals surface area contributed by atoms with Crippen LogP contribution in [0.3, 0.4) is 0 Å². The van der Waals surface area contributed by atoms with Crippen molar-refractivity contribution >= 4 is 43.7 Å². The molecule has 0 aliphatic carbocycles. The van der Waals surface area contributed by atoms with Gasteiger partial charge in [0.1, 0.15) is 11.2 Å². The second-order valence-electron chi connectivity index (χ2n) is 12.5. The fraction of sp³-hybridized carbons (Fsp3) is 0. The number of benzene rings is 7. The third-order valence-corrected chi connectivity index (χ3v) is 9.46. The lowest BCUT2D eigenvalue weighted by atomic mass is 9.94. The van der Waals surface area contributed by atoms with E-state index < -0.39 is 0 Å². The zero-order chi connectivity index (χ0) is 33.0. The Hall–Kier alpha value is -6.85. The topological polar surface area (TPSA) is 56.7 Å². The van der Waals surface area contributed by atoms with Gasteiger partial charge in [-0.3, -0.25) is 4.57 Å². The van der Waals surface area contributed by atoms with Gasteiger partial charge in [-0.1, -0.05) is 133 Å². The maximum Gasteiger partial charge on any atom is 0.238 e. The van der Waals surface area contributed by atoms with Crippen LogP contribution >= 0.6 is 0 Å². The Kier molecular flexibility index (Phi) is 6.42. The second-order valence-corrected chi connectivity index (χ2v) is 12.5. The van der Waals surface area contributed by atoms with Crippen LogP contribution < -0.4 is 0 Å². The largest absolute Gasteiger partial charge is 0.456 e. The fourth-order valence-electron chi connectivity index (χ4n) is 7.13. The van der Waals surface area contributed by atoms with Gasteiger partial charge in [0, 0.05) is 32.7 Å². The Morgan fingerprint density at radius 1 is 0.380 bits per heavy atom. The molecule has 5 nitrogen and oxygen atoms in total. The Labute approximate surface area is 287 Å². The Bertz CT molecular complexity index is 2860. The maximum atomic E-state index is 6.28. The zero-order valence-electron chi connectivity index (χ0n) is 26.9. The normalized spacial score (nSPS) is 11.6. The minimum atomic E-state index is 0.550. The molecule has 10 aromatic rings. The SMILES string of the molecule is c1ccc(-c2cc(-c3ccccc3)c3c4ccccc4n(-c4nc(-c5ccccc5)nc(-c5ccc6c(c5)oc5ccccc56)n4)c3c2)cc1. The summed E-state index contributed by atoms with van der Waals surface area (Å²) in [5.41, 5.74) is 10.0. The first-order valence-electron chi connectivity index (χ1n) is 16.7. The predicted octanol–water partition coefficient (Wildman–Crippen LogP) is 11.5. The molecule has 50 heavy (non-hydrogen) atoms. The van der Waals surface area contributed by atoms with Crippen LogP contribution in [0.2, 0.25) is 0 Å². The van der Waals surface area contributed by atoms with Crippen LogP contribution in [0, 0.1) is 0 Å². The highest BCUT2D eigenvalue weighted by molar-refractivity contribution is 6.17. The van der Waals surface area contributed by atoms with Crippen LogP contribution in [0.4, 0.5) is 0 Å². The van der Waals surface area contributed by atoms with Crippen molar-refractivity contribution in [3.05, 3.63) is 170 Å². The standard InChI is InChI=1S/C45H28N4O/c1-4-14-29(15-5-1)33-26-37(30-16-6-2-7-17-30)42-36-21-10-12-22-38(36)49(39(42)27-33)45-47-43(31-18-8-3-9-19-31)46-44(48-45)32-24-25-35-34-20-11-13-23-40(34)50-41(35)28-32/h1-28H. The van der Waals surface area contributed by atoms with E-state index in [-0.39, 0.29) is 0 Å². The van der Waals surface area contributed by atoms with Crippen LogP contribution in [0.15, 0.2) is 174 Å². The van der Waals surface area contributed by atoms with Crippen molar-refractivity contribution in [2.75, 3.05) is 0 Å². The summed E-state index contributed by atoms with van der Waals surface area (Å²) >= 11 is 0. The molecule has 0 bridgehead atoms. The molecular weight excluding hydrogens is 613 g/mol. The number of para-hydroxylation sites is 2. The lowest BCUT2D eigenvalue weighted by Gasteiger charge is -2.13. The van der Waals surface area contributed by atoms with Crippen LogP contribution in [0.1, 0.15) is 0 Å². The van der Waals surface area contributed by atoms with E-state index in [1.165, 1.54) is 0 Å². The first kappa shape index (κ1) is 28.2. The molecule has 5 heteroatoms. The number of fused-ring (bicyclic) bond motifs is 6. The van der Waals surface area contributed by atoms with E-state index in [1.807, 2.05) is 54.6 Å². The van der Waals surface area contributed by atoms with Crippen molar-refractivity contribution in [3.63, 3.8) is 0 Å². The van der Waals surface area contributed by atoms with E-state index in [4.69, 9.17) is 19.4 Å². The smallest absolute Gasteiger partial charge is 0.238 e. The van der Waals surface area contributed by atoms with E-state index in [0.29, 0.717) is 17.6 Å². The molecule has 0 spiro atoms. The highest BCUT2D eigenvalue weighted by atomic mass is 16.3. The molecule has 0 aliphatic heterocycles. The highest BCUT2D eigenvalue weighted by Gasteiger charge is 2.21. The minimum Gasteiger partial charge on any atom is -0.456 e. The number of hydrogen-bond donors (Lipinski definition) is 0. The third kappa shape index (κ3) is 4.60. The Morgan fingerprint density at radius 2 is 0.980 bits per heavy atom. The van der Waals surface area contributed by atoms with Crippen molar-refractivity contribution in [2.45, 2.75) is 0 Å². The monoisotopic (exact) mass is 640 g/mol. The van der Waals surface area contributed by atoms with Gasteiger partial charge in [-0.2, -0.15) is 9.97 Å². The van der Waals surface area contributed by atoms with Gasteiger partial charge in [0.2, 0.25) is 5.95 Å². The van der Waals surface area contributed by atoms with Crippen LogP contribution in [0.5, 0.6) is 0 Å². The summed E-state index contributed by atoms with van der Waals surface area (Å²) in [6.07, 6.45) is 0. The molecule has 3 aromatic heterocycles. The molecule has 3 heterocycles. The highest BCUT2D eigenvalue weighted by Crippen LogP contribution is 2.41. The van der Waals surface area contributed by atoms with E-state index in [2.05, 4.69) is 120 Å². The summed E-state index contributed by atoms with van der Waals surface area (Å²) in [7, 11) is 0. The van der Waals surface area contributed by atoms with Crippen LogP contribution in [-0.2, 0) is 0 Å². The average Bonchev–Trinajstić information content (AvgIpc) is 3.74. The molecule has 0 unspecified atom stereocenters. The minimum absolute atomic E-state index is 0.550. The van der Waals surface area contributed by atoms with E-state index >= 15 is 0 Å². The van der Waals surface area contributed by atoms with Crippen molar-refractivity contribution in [3.8, 4) is 51.0 Å². The summed E-state index contributed by atoms with van der Waals surface area (Å²) in [5.74, 6) is 1.72. The maximum absolute atomic E-state index is 6.28. The molecule has 0 amide bonds. The van der Waals surface area contributed by atoms with Gasteiger partial charge in [-0.05, 0) is 58.7 Å². The molecule has 10 rings (SSSR count). The van der Waals surface area contributed by atoms with Crippen molar-refractivity contribution in [1.82, 2.24) is 19.5 Å². The second kappa shape index (κ2) is 11.4. The van der Waals surface area contributed by atoms with Gasteiger partial charge in [-0.15, -0.1) is 0 Å². The van der Waals surface area contributed by atoms with Crippen LogP contribution in [-0.4, -0.2) is 19.5 Å². The Morgan fingerprint density at radius 3 is 1.74 bits per heavy atom. The summed E-state index contributed by atoms with van der Waals surface area (Å²) in [4.78, 5) is 15.5. The van der Waals surface area contributed by atoms with Gasteiger partial charge in [0.15, 0.2) is 11.6 Å². The van der Waals surface area contributed by atoms with E-state index in [0.717, 1.165) is 77.1 Å². The molecule has 0 N–H and O–H groups in total. The van der Waals surface area contributed by atoms with Gasteiger partial charge >= 0.3 is 0 Å². The summed E-state index contributed by atoms with van der Waals surface area (Å²) in [6, 6.07) is 58.7. The number of rotatable bonds is 5. The summed E-state index contributed by atoms with van der Waals surface area (Å²) in [6.45, 7) is 0. The van der Waals surface area contributed by atoms with E-state index in [9.17, 15) is 0 Å². The average molecular weight is 641 g/mol. The molecule has 0 aliphatic rings. The van der Waals surface area contributed by atoms with E-state index in [1.54, 1.807) is 0 Å². The number of furan rings is 1. The number of aromatic nitrogens is 4. The molecule has 0 saturated carbocycles. The van der Waals surface area contributed by atoms with Gasteiger partial charge < -0.3 is 4.42 Å². The Balaban J connectivity index is 1.28.